The molecule has 0 aromatic heterocycles. The van der Waals surface area contributed by atoms with Crippen LogP contribution in [0.15, 0.2) is 24.3 Å². The maximum Gasteiger partial charge on any atom is 0.0335 e. The van der Waals surface area contributed by atoms with E-state index in [1.54, 1.807) is 0 Å². The highest BCUT2D eigenvalue weighted by atomic mass is 35.5. The molecule has 0 unspecified atom stereocenters. The minimum Gasteiger partial charge on any atom is -0.298 e. The van der Waals surface area contributed by atoms with Crippen LogP contribution in [0.25, 0.3) is 0 Å². The van der Waals surface area contributed by atoms with Crippen molar-refractivity contribution in [1.82, 2.24) is 4.90 Å². The average molecular weight is 146 g/mol. The van der Waals surface area contributed by atoms with Gasteiger partial charge in [-0.3, -0.25) is 4.90 Å². The van der Waals surface area contributed by atoms with Crippen molar-refractivity contribution in [1.29, 1.82) is 0 Å². The molecule has 2 heteroatoms. The highest BCUT2D eigenvalue weighted by Crippen LogP contribution is 1.97. The Morgan fingerprint density at radius 3 is 2.67 bits per heavy atom. The summed E-state index contributed by atoms with van der Waals surface area (Å²) in [6.45, 7) is 8.74. The first-order valence-corrected chi connectivity index (χ1v) is 3.17. The van der Waals surface area contributed by atoms with E-state index in [9.17, 15) is 0 Å². The van der Waals surface area contributed by atoms with Crippen molar-refractivity contribution < 1.29 is 0 Å². The van der Waals surface area contributed by atoms with E-state index in [2.05, 4.69) is 13.2 Å². The summed E-state index contributed by atoms with van der Waals surface area (Å²) in [7, 11) is 1.97. The normalized spacial score (nSPS) is 9.67. The second kappa shape index (κ2) is 4.59. The van der Waals surface area contributed by atoms with Crippen LogP contribution in [0.4, 0.5) is 0 Å². The van der Waals surface area contributed by atoms with Gasteiger partial charge in [-0.05, 0) is 7.05 Å². The van der Waals surface area contributed by atoms with Crippen LogP contribution < -0.4 is 0 Å². The molecular formula is C7H12ClN. The lowest BCUT2D eigenvalue weighted by Crippen LogP contribution is -2.19. The summed E-state index contributed by atoms with van der Waals surface area (Å²) in [5.41, 5.74) is 0. The van der Waals surface area contributed by atoms with E-state index in [-0.39, 0.29) is 0 Å². The molecule has 0 bridgehead atoms. The summed E-state index contributed by atoms with van der Waals surface area (Å²) in [4.78, 5) is 2.03. The van der Waals surface area contributed by atoms with Crippen molar-refractivity contribution in [3.8, 4) is 0 Å². The van der Waals surface area contributed by atoms with Crippen LogP contribution in [-0.2, 0) is 0 Å². The molecule has 0 N–H and O–H groups in total. The van der Waals surface area contributed by atoms with Crippen molar-refractivity contribution in [2.45, 2.75) is 0 Å². The topological polar surface area (TPSA) is 3.24 Å². The average Bonchev–Trinajstić information content (AvgIpc) is 1.63. The van der Waals surface area contributed by atoms with E-state index in [1.165, 1.54) is 0 Å². The molecular weight excluding hydrogens is 134 g/mol. The Morgan fingerprint density at radius 1 is 1.78 bits per heavy atom. The molecule has 0 aliphatic heterocycles. The fourth-order valence-electron chi connectivity index (χ4n) is 0.578. The van der Waals surface area contributed by atoms with Crippen molar-refractivity contribution in [3.05, 3.63) is 24.3 Å². The Bertz CT molecular complexity index is 109. The van der Waals surface area contributed by atoms with Gasteiger partial charge in [-0.25, -0.2) is 0 Å². The van der Waals surface area contributed by atoms with Crippen molar-refractivity contribution >= 4 is 11.6 Å². The summed E-state index contributed by atoms with van der Waals surface area (Å²) in [6, 6.07) is 0. The molecule has 0 aromatic rings. The minimum absolute atomic E-state index is 0.666. The van der Waals surface area contributed by atoms with Gasteiger partial charge in [-0.2, -0.15) is 0 Å². The standard InChI is InChI=1S/C7H12ClN/c1-4-5-9(3)6-7(2)8/h4H,1-2,5-6H2,3H3. The SMILES string of the molecule is C=CCN(C)CC(=C)Cl. The molecule has 0 aliphatic rings. The lowest BCUT2D eigenvalue weighted by molar-refractivity contribution is 0.410. The fraction of sp³-hybridized carbons (Fsp3) is 0.429. The van der Waals surface area contributed by atoms with E-state index < -0.39 is 0 Å². The summed E-state index contributed by atoms with van der Waals surface area (Å²) >= 11 is 5.54. The molecule has 9 heavy (non-hydrogen) atoms. The summed E-state index contributed by atoms with van der Waals surface area (Å²) in [6.07, 6.45) is 1.83. The molecule has 0 aromatic carbocycles. The van der Waals surface area contributed by atoms with Crippen LogP contribution in [0.1, 0.15) is 0 Å². The van der Waals surface area contributed by atoms with Gasteiger partial charge in [0.15, 0.2) is 0 Å². The van der Waals surface area contributed by atoms with Gasteiger partial charge in [-0.15, -0.1) is 6.58 Å². The van der Waals surface area contributed by atoms with Crippen LogP contribution in [0.5, 0.6) is 0 Å². The number of hydrogen-bond acceptors (Lipinski definition) is 1. The Morgan fingerprint density at radius 2 is 2.33 bits per heavy atom. The van der Waals surface area contributed by atoms with Crippen molar-refractivity contribution in [3.63, 3.8) is 0 Å². The number of nitrogens with zero attached hydrogens (tertiary/aromatic N) is 1. The summed E-state index contributed by atoms with van der Waals surface area (Å²) in [5.74, 6) is 0. The highest BCUT2D eigenvalue weighted by Gasteiger charge is 1.93. The Kier molecular flexibility index (Phi) is 4.46. The van der Waals surface area contributed by atoms with E-state index in [0.29, 0.717) is 5.03 Å². The van der Waals surface area contributed by atoms with Gasteiger partial charge in [0.25, 0.3) is 0 Å². The van der Waals surface area contributed by atoms with Gasteiger partial charge < -0.3 is 0 Å². The molecule has 0 rings (SSSR count). The predicted molar refractivity (Wildman–Crippen MR) is 42.7 cm³/mol. The van der Waals surface area contributed by atoms with Gasteiger partial charge in [0.1, 0.15) is 0 Å². The maximum absolute atomic E-state index is 5.54. The number of rotatable bonds is 4. The van der Waals surface area contributed by atoms with Crippen molar-refractivity contribution in [2.24, 2.45) is 0 Å². The molecule has 0 fully saturated rings. The van der Waals surface area contributed by atoms with Crippen LogP contribution in [0.2, 0.25) is 0 Å². The van der Waals surface area contributed by atoms with Gasteiger partial charge >= 0.3 is 0 Å². The molecule has 0 amide bonds. The molecule has 0 saturated heterocycles. The van der Waals surface area contributed by atoms with Crippen LogP contribution >= 0.6 is 11.6 Å². The summed E-state index contributed by atoms with van der Waals surface area (Å²) < 4.78 is 0. The zero-order valence-corrected chi connectivity index (χ0v) is 6.49. The molecule has 0 saturated carbocycles. The number of likely N-dealkylation sites (N-methyl/N-ethyl adjacent to an activating group) is 1. The lowest BCUT2D eigenvalue weighted by atomic mass is 10.5. The Hall–Kier alpha value is -0.270. The molecule has 52 valence electrons. The van der Waals surface area contributed by atoms with Gasteiger partial charge in [0, 0.05) is 18.1 Å². The fourth-order valence-corrected chi connectivity index (χ4v) is 0.782. The van der Waals surface area contributed by atoms with Gasteiger partial charge in [-0.1, -0.05) is 24.3 Å². The Labute approximate surface area is 61.6 Å². The van der Waals surface area contributed by atoms with Crippen molar-refractivity contribution in [2.75, 3.05) is 20.1 Å². The third-order valence-corrected chi connectivity index (χ3v) is 1.00. The van der Waals surface area contributed by atoms with Gasteiger partial charge in [0.2, 0.25) is 0 Å². The summed E-state index contributed by atoms with van der Waals surface area (Å²) in [5, 5.41) is 0.666. The third-order valence-electron chi connectivity index (χ3n) is 0.882. The largest absolute Gasteiger partial charge is 0.298 e. The first-order valence-electron chi connectivity index (χ1n) is 2.79. The zero-order chi connectivity index (χ0) is 7.28. The first kappa shape index (κ1) is 8.73. The third kappa shape index (κ3) is 5.60. The predicted octanol–water partition coefficient (Wildman–Crippen LogP) is 1.86. The second-order valence-corrected chi connectivity index (χ2v) is 2.54. The molecule has 0 atom stereocenters. The molecule has 0 heterocycles. The minimum atomic E-state index is 0.666. The van der Waals surface area contributed by atoms with E-state index in [4.69, 9.17) is 11.6 Å². The Balaban J connectivity index is 3.37. The number of halogens is 1. The van der Waals surface area contributed by atoms with Gasteiger partial charge in [0.05, 0.1) is 0 Å². The van der Waals surface area contributed by atoms with E-state index >= 15 is 0 Å². The second-order valence-electron chi connectivity index (χ2n) is 2.00. The molecule has 0 aliphatic carbocycles. The van der Waals surface area contributed by atoms with Crippen LogP contribution in [0, 0.1) is 0 Å². The van der Waals surface area contributed by atoms with Crippen LogP contribution in [0.3, 0.4) is 0 Å². The van der Waals surface area contributed by atoms with Crippen LogP contribution in [-0.4, -0.2) is 25.0 Å². The smallest absolute Gasteiger partial charge is 0.0335 e. The zero-order valence-electron chi connectivity index (χ0n) is 5.73. The molecule has 0 radical (unpaired) electrons. The quantitative estimate of drug-likeness (QED) is 0.546. The lowest BCUT2D eigenvalue weighted by Gasteiger charge is -2.11. The molecule has 0 spiro atoms. The highest BCUT2D eigenvalue weighted by molar-refractivity contribution is 6.29. The van der Waals surface area contributed by atoms with E-state index in [0.717, 1.165) is 13.1 Å². The monoisotopic (exact) mass is 145 g/mol. The maximum atomic E-state index is 5.54. The number of hydrogen-bond donors (Lipinski definition) is 0. The molecule has 1 nitrogen and oxygen atoms in total. The first-order chi connectivity index (χ1) is 4.16. The van der Waals surface area contributed by atoms with E-state index in [1.807, 2.05) is 18.0 Å².